The van der Waals surface area contributed by atoms with Crippen molar-refractivity contribution >= 4 is 11.8 Å². The van der Waals surface area contributed by atoms with Crippen molar-refractivity contribution < 1.29 is 19.4 Å². The number of aliphatic hydroxyl groups is 1. The molecule has 0 aliphatic heterocycles. The van der Waals surface area contributed by atoms with E-state index >= 15 is 0 Å². The van der Waals surface area contributed by atoms with Gasteiger partial charge in [-0.3, -0.25) is 9.59 Å². The van der Waals surface area contributed by atoms with Gasteiger partial charge in [0.15, 0.2) is 5.78 Å². The Bertz CT molecular complexity index is 742. The van der Waals surface area contributed by atoms with Crippen LogP contribution in [0.25, 0.3) is 0 Å². The topological polar surface area (TPSA) is 63.6 Å². The summed E-state index contributed by atoms with van der Waals surface area (Å²) in [6, 6.07) is 0. The van der Waals surface area contributed by atoms with E-state index in [4.69, 9.17) is 4.74 Å². The number of hydrogen-bond acceptors (Lipinski definition) is 4. The van der Waals surface area contributed by atoms with E-state index in [2.05, 4.69) is 13.8 Å². The Balaban J connectivity index is 1.28. The van der Waals surface area contributed by atoms with E-state index in [1.807, 2.05) is 6.08 Å². The van der Waals surface area contributed by atoms with Crippen molar-refractivity contribution in [2.24, 2.45) is 29.1 Å². The normalized spacial score (nSPS) is 36.9. The van der Waals surface area contributed by atoms with Gasteiger partial charge in [-0.1, -0.05) is 70.8 Å². The molecule has 0 aromatic rings. The van der Waals surface area contributed by atoms with Crippen LogP contribution in [0, 0.1) is 29.1 Å². The second-order valence-corrected chi connectivity index (χ2v) is 12.1. The molecule has 0 aromatic carbocycles. The Labute approximate surface area is 207 Å². The van der Waals surface area contributed by atoms with Crippen molar-refractivity contribution in [2.75, 3.05) is 0 Å². The smallest absolute Gasteiger partial charge is 0.306 e. The van der Waals surface area contributed by atoms with E-state index in [0.29, 0.717) is 30.6 Å². The Hall–Kier alpha value is -1.16. The number of ketones is 1. The Kier molecular flexibility index (Phi) is 8.93. The van der Waals surface area contributed by atoms with Crippen molar-refractivity contribution in [2.45, 2.75) is 135 Å². The van der Waals surface area contributed by atoms with Gasteiger partial charge in [-0.25, -0.2) is 0 Å². The second kappa shape index (κ2) is 11.7. The summed E-state index contributed by atoms with van der Waals surface area (Å²) in [5.41, 5.74) is 1.29. The summed E-state index contributed by atoms with van der Waals surface area (Å²) < 4.78 is 6.06. The van der Waals surface area contributed by atoms with E-state index in [0.717, 1.165) is 51.4 Å². The van der Waals surface area contributed by atoms with Gasteiger partial charge in [0, 0.05) is 18.8 Å². The number of unbranched alkanes of at least 4 members (excludes halogenated alkanes) is 8. The van der Waals surface area contributed by atoms with Crippen molar-refractivity contribution in [3.05, 3.63) is 11.6 Å². The highest BCUT2D eigenvalue weighted by molar-refractivity contribution is 5.92. The number of carbonyl (C=O) groups excluding carboxylic acids is 2. The molecule has 1 N–H and O–H groups in total. The van der Waals surface area contributed by atoms with Crippen molar-refractivity contribution in [1.29, 1.82) is 0 Å². The highest BCUT2D eigenvalue weighted by Crippen LogP contribution is 2.61. The Morgan fingerprint density at radius 1 is 1.00 bits per heavy atom. The molecule has 4 aliphatic rings. The third-order valence-corrected chi connectivity index (χ3v) is 10.0. The third kappa shape index (κ3) is 5.63. The van der Waals surface area contributed by atoms with Gasteiger partial charge in [0.25, 0.3) is 0 Å². The first-order chi connectivity index (χ1) is 16.4. The highest BCUT2D eigenvalue weighted by atomic mass is 16.5. The Morgan fingerprint density at radius 2 is 1.71 bits per heavy atom. The van der Waals surface area contributed by atoms with Gasteiger partial charge in [0.2, 0.25) is 0 Å². The summed E-state index contributed by atoms with van der Waals surface area (Å²) in [4.78, 5) is 25.2. The molecule has 7 atom stereocenters. The number of esters is 1. The highest BCUT2D eigenvalue weighted by Gasteiger charge is 2.57. The number of carbonyl (C=O) groups is 2. The molecule has 4 nitrogen and oxygen atoms in total. The SMILES string of the molecule is CCCCCCCCCCCC(=O)OC1CC(=O)C=C2CCC3C(CCC4(C)C(O)CCC34)C21. The molecule has 4 aliphatic carbocycles. The summed E-state index contributed by atoms with van der Waals surface area (Å²) in [7, 11) is 0. The zero-order valence-corrected chi connectivity index (χ0v) is 21.7. The zero-order valence-electron chi connectivity index (χ0n) is 21.7. The van der Waals surface area contributed by atoms with Gasteiger partial charge in [0.05, 0.1) is 6.10 Å². The van der Waals surface area contributed by atoms with Gasteiger partial charge in [-0.05, 0) is 74.2 Å². The lowest BCUT2D eigenvalue weighted by Crippen LogP contribution is -2.51. The molecule has 4 heteroatoms. The monoisotopic (exact) mass is 472 g/mol. The number of hydrogen-bond donors (Lipinski definition) is 1. The molecule has 0 spiro atoms. The molecule has 3 saturated carbocycles. The predicted molar refractivity (Wildman–Crippen MR) is 135 cm³/mol. The minimum Gasteiger partial charge on any atom is -0.461 e. The van der Waals surface area contributed by atoms with Crippen LogP contribution in [0.2, 0.25) is 0 Å². The number of fused-ring (bicyclic) bond motifs is 5. The largest absolute Gasteiger partial charge is 0.461 e. The first-order valence-corrected chi connectivity index (χ1v) is 14.5. The van der Waals surface area contributed by atoms with Crippen LogP contribution in [0.1, 0.15) is 123 Å². The van der Waals surface area contributed by atoms with Crippen LogP contribution < -0.4 is 0 Å². The quantitative estimate of drug-likeness (QED) is 0.261. The fourth-order valence-electron chi connectivity index (χ4n) is 8.12. The van der Waals surface area contributed by atoms with Crippen molar-refractivity contribution in [1.82, 2.24) is 0 Å². The standard InChI is InChI=1S/C30H48O4/c1-3-4-5-6-7-8-9-10-11-12-28(33)34-26-20-22(31)19-21-13-14-23-24(29(21)26)17-18-30(2)25(23)15-16-27(30)32/h19,23-27,29,32H,3-18,20H2,1-2H3. The molecule has 3 fully saturated rings. The van der Waals surface area contributed by atoms with E-state index in [1.165, 1.54) is 50.5 Å². The van der Waals surface area contributed by atoms with Gasteiger partial charge < -0.3 is 9.84 Å². The lowest BCUT2D eigenvalue weighted by Gasteiger charge is -2.54. The maximum absolute atomic E-state index is 12.8. The molecule has 34 heavy (non-hydrogen) atoms. The molecule has 0 bridgehead atoms. The lowest BCUT2D eigenvalue weighted by atomic mass is 9.51. The third-order valence-electron chi connectivity index (χ3n) is 10.0. The van der Waals surface area contributed by atoms with E-state index in [1.54, 1.807) is 0 Å². The Morgan fingerprint density at radius 3 is 2.44 bits per heavy atom. The maximum atomic E-state index is 12.8. The average Bonchev–Trinajstić information content (AvgIpc) is 3.12. The van der Waals surface area contributed by atoms with Crippen molar-refractivity contribution in [3.63, 3.8) is 0 Å². The summed E-state index contributed by atoms with van der Waals surface area (Å²) in [5, 5.41) is 10.7. The van der Waals surface area contributed by atoms with Crippen molar-refractivity contribution in [3.8, 4) is 0 Å². The molecule has 4 rings (SSSR count). The molecule has 0 radical (unpaired) electrons. The summed E-state index contributed by atoms with van der Waals surface area (Å²) in [6.07, 6.45) is 19.6. The summed E-state index contributed by atoms with van der Waals surface area (Å²) >= 11 is 0. The zero-order chi connectivity index (χ0) is 24.1. The first-order valence-electron chi connectivity index (χ1n) is 14.5. The molecule has 0 aromatic heterocycles. The molecule has 192 valence electrons. The first kappa shape index (κ1) is 25.9. The van der Waals surface area contributed by atoms with Crippen LogP contribution in [0.5, 0.6) is 0 Å². The van der Waals surface area contributed by atoms with Gasteiger partial charge in [-0.2, -0.15) is 0 Å². The maximum Gasteiger partial charge on any atom is 0.306 e. The van der Waals surface area contributed by atoms with E-state index < -0.39 is 0 Å². The van der Waals surface area contributed by atoms with Gasteiger partial charge in [0.1, 0.15) is 6.10 Å². The van der Waals surface area contributed by atoms with Gasteiger partial charge in [-0.15, -0.1) is 0 Å². The summed E-state index contributed by atoms with van der Waals surface area (Å²) in [6.45, 7) is 4.54. The minimum absolute atomic E-state index is 0.0506. The van der Waals surface area contributed by atoms with Crippen LogP contribution in [-0.2, 0) is 14.3 Å². The molecule has 0 amide bonds. The van der Waals surface area contributed by atoms with Gasteiger partial charge >= 0.3 is 5.97 Å². The number of ether oxygens (including phenoxy) is 1. The fourth-order valence-corrected chi connectivity index (χ4v) is 8.12. The van der Waals surface area contributed by atoms with Crippen LogP contribution >= 0.6 is 0 Å². The van der Waals surface area contributed by atoms with Crippen LogP contribution in [0.4, 0.5) is 0 Å². The number of rotatable bonds is 11. The molecular weight excluding hydrogens is 424 g/mol. The molecule has 0 saturated heterocycles. The summed E-state index contributed by atoms with van der Waals surface area (Å²) in [5.74, 6) is 1.87. The molecule has 7 unspecified atom stereocenters. The molecule has 0 heterocycles. The van der Waals surface area contributed by atoms with Crippen LogP contribution in [0.15, 0.2) is 11.6 Å². The van der Waals surface area contributed by atoms with Crippen LogP contribution in [0.3, 0.4) is 0 Å². The van der Waals surface area contributed by atoms with E-state index in [9.17, 15) is 14.7 Å². The average molecular weight is 473 g/mol. The van der Waals surface area contributed by atoms with E-state index in [-0.39, 0.29) is 35.3 Å². The lowest BCUT2D eigenvalue weighted by molar-refractivity contribution is -0.157. The fraction of sp³-hybridized carbons (Fsp3) is 0.867. The molecular formula is C30H48O4. The predicted octanol–water partition coefficient (Wildman–Crippen LogP) is 6.93. The number of aliphatic hydroxyl groups excluding tert-OH is 1. The minimum atomic E-state index is -0.276. The van der Waals surface area contributed by atoms with Crippen LogP contribution in [-0.4, -0.2) is 29.1 Å². The second-order valence-electron chi connectivity index (χ2n) is 12.1.